The van der Waals surface area contributed by atoms with E-state index in [9.17, 15) is 14.4 Å². The molecule has 49 heavy (non-hydrogen) atoms. The fourth-order valence-corrected chi connectivity index (χ4v) is 8.62. The molecular weight excluding hydrogens is 614 g/mol. The summed E-state index contributed by atoms with van der Waals surface area (Å²) in [4.78, 5) is 50.6. The van der Waals surface area contributed by atoms with Gasteiger partial charge in [-0.05, 0) is 118 Å². The van der Waals surface area contributed by atoms with Gasteiger partial charge in [0.15, 0.2) is 0 Å². The molecule has 7 rings (SSSR count). The zero-order valence-corrected chi connectivity index (χ0v) is 29.0. The molecule has 3 aromatic rings. The van der Waals surface area contributed by atoms with Crippen LogP contribution in [0.1, 0.15) is 61.6 Å². The molecule has 4 amide bonds. The predicted molar refractivity (Wildman–Crippen MR) is 194 cm³/mol. The number of nitrogens with one attached hydrogen (secondary N) is 4. The van der Waals surface area contributed by atoms with E-state index in [2.05, 4.69) is 57.0 Å². The number of likely N-dealkylation sites (tertiary alicyclic amines) is 1. The van der Waals surface area contributed by atoms with E-state index in [-0.39, 0.29) is 23.8 Å². The van der Waals surface area contributed by atoms with Crippen LogP contribution in [0.2, 0.25) is 0 Å². The van der Waals surface area contributed by atoms with Crippen molar-refractivity contribution in [3.63, 3.8) is 0 Å². The lowest BCUT2D eigenvalue weighted by atomic mass is 9.87. The molecule has 2 aromatic carbocycles. The van der Waals surface area contributed by atoms with Crippen LogP contribution in [0.3, 0.4) is 0 Å². The number of anilines is 1. The van der Waals surface area contributed by atoms with Gasteiger partial charge >= 0.3 is 6.03 Å². The number of urea groups is 1. The summed E-state index contributed by atoms with van der Waals surface area (Å²) in [6.07, 6.45) is 10.2. The smallest absolute Gasteiger partial charge is 0.318 e. The Morgan fingerprint density at radius 3 is 2.47 bits per heavy atom. The molecule has 1 aromatic heterocycles. The summed E-state index contributed by atoms with van der Waals surface area (Å²) in [6.45, 7) is 8.71. The summed E-state index contributed by atoms with van der Waals surface area (Å²) in [6, 6.07) is 14.3. The van der Waals surface area contributed by atoms with Gasteiger partial charge in [0.2, 0.25) is 11.8 Å². The maximum Gasteiger partial charge on any atom is 0.318 e. The molecule has 0 spiro atoms. The first-order valence-electron chi connectivity index (χ1n) is 18.7. The van der Waals surface area contributed by atoms with Crippen LogP contribution in [0.5, 0.6) is 0 Å². The molecule has 0 aliphatic carbocycles. The Labute approximate surface area is 290 Å². The number of piperidine rings is 2. The van der Waals surface area contributed by atoms with Crippen LogP contribution in [0.4, 0.5) is 10.5 Å². The van der Waals surface area contributed by atoms with E-state index in [0.29, 0.717) is 44.6 Å². The third-order valence-electron chi connectivity index (χ3n) is 11.6. The van der Waals surface area contributed by atoms with Gasteiger partial charge in [-0.3, -0.25) is 14.5 Å². The highest BCUT2D eigenvalue weighted by Crippen LogP contribution is 2.30. The number of rotatable bonds is 8. The van der Waals surface area contributed by atoms with Gasteiger partial charge < -0.3 is 30.7 Å². The number of carbonyl (C=O) groups is 3. The quantitative estimate of drug-likeness (QED) is 0.279. The highest BCUT2D eigenvalue weighted by Gasteiger charge is 2.33. The first-order chi connectivity index (χ1) is 23.9. The van der Waals surface area contributed by atoms with Crippen molar-refractivity contribution < 1.29 is 14.4 Å². The molecule has 0 radical (unpaired) electrons. The number of nitrogens with zero attached hydrogens (tertiary/aromatic N) is 3. The van der Waals surface area contributed by atoms with Gasteiger partial charge in [-0.25, -0.2) is 4.79 Å². The van der Waals surface area contributed by atoms with E-state index in [1.807, 2.05) is 34.2 Å². The number of carbonyl (C=O) groups excluding carboxylic acids is 3. The van der Waals surface area contributed by atoms with Crippen molar-refractivity contribution in [3.8, 4) is 0 Å². The van der Waals surface area contributed by atoms with Crippen molar-refractivity contribution in [2.24, 2.45) is 11.8 Å². The average molecular weight is 668 g/mol. The van der Waals surface area contributed by atoms with Crippen molar-refractivity contribution in [3.05, 3.63) is 65.4 Å². The van der Waals surface area contributed by atoms with Crippen molar-refractivity contribution >= 4 is 34.4 Å². The SMILES string of the molecule is Cc1cc(CC(NC(=O)N2CCC(CC[C@@H]3CCc4ccccc4NC3=O)CC2)C(=O)N2CCN(C3CCNCC3)CC2)cc2cc[nH]c12. The second-order valence-corrected chi connectivity index (χ2v) is 14.8. The van der Waals surface area contributed by atoms with Crippen molar-refractivity contribution in [1.29, 1.82) is 0 Å². The predicted octanol–water partition coefficient (Wildman–Crippen LogP) is 4.69. The first-order valence-corrected chi connectivity index (χ1v) is 18.7. The minimum atomic E-state index is -0.621. The first kappa shape index (κ1) is 33.6. The number of piperazine rings is 1. The van der Waals surface area contributed by atoms with E-state index in [1.165, 1.54) is 5.56 Å². The van der Waals surface area contributed by atoms with Gasteiger partial charge in [-0.2, -0.15) is 0 Å². The molecule has 4 aliphatic rings. The monoisotopic (exact) mass is 667 g/mol. The number of benzene rings is 2. The van der Waals surface area contributed by atoms with Crippen molar-refractivity contribution in [2.75, 3.05) is 57.7 Å². The van der Waals surface area contributed by atoms with Crippen molar-refractivity contribution in [1.82, 2.24) is 30.3 Å². The Bertz CT molecular complexity index is 1620. The fourth-order valence-electron chi connectivity index (χ4n) is 8.62. The molecule has 10 heteroatoms. The maximum absolute atomic E-state index is 14.1. The maximum atomic E-state index is 14.1. The van der Waals surface area contributed by atoms with Gasteiger partial charge in [0, 0.05) is 75.1 Å². The van der Waals surface area contributed by atoms with Gasteiger partial charge in [0.25, 0.3) is 0 Å². The lowest BCUT2D eigenvalue weighted by Crippen LogP contribution is -2.59. The standard InChI is InChI=1S/C39H53N7O3/c1-27-24-29(25-32-10-17-41-36(27)32)26-35(38(48)45-22-20-44(21-23-45)33-11-15-40-16-12-33)43-39(49)46-18-13-28(14-19-46)6-7-31-9-8-30-4-2-3-5-34(30)42-37(31)47/h2-5,10,17,24-25,28,31,33,35,40-41H,6-9,11-16,18-23,26H2,1H3,(H,42,47)(H,43,49)/t31-,35?/m1/s1. The number of aryl methyl sites for hydroxylation is 2. The molecule has 0 bridgehead atoms. The molecule has 0 saturated carbocycles. The normalized spacial score (nSPS) is 22.0. The average Bonchev–Trinajstić information content (AvgIpc) is 3.55. The van der Waals surface area contributed by atoms with Gasteiger partial charge in [0.1, 0.15) is 6.04 Å². The molecule has 10 nitrogen and oxygen atoms in total. The summed E-state index contributed by atoms with van der Waals surface area (Å²) in [5.74, 6) is 0.670. The molecule has 4 aliphatic heterocycles. The number of aromatic nitrogens is 1. The Balaban J connectivity index is 0.947. The lowest BCUT2D eigenvalue weighted by Gasteiger charge is -2.42. The highest BCUT2D eigenvalue weighted by molar-refractivity contribution is 5.94. The molecule has 3 saturated heterocycles. The Morgan fingerprint density at radius 1 is 0.898 bits per heavy atom. The van der Waals surface area contributed by atoms with E-state index in [4.69, 9.17) is 0 Å². The zero-order chi connectivity index (χ0) is 33.7. The minimum Gasteiger partial charge on any atom is -0.361 e. The number of aromatic amines is 1. The number of hydrogen-bond acceptors (Lipinski definition) is 5. The third-order valence-corrected chi connectivity index (χ3v) is 11.6. The Kier molecular flexibility index (Phi) is 10.5. The third kappa shape index (κ3) is 7.96. The molecule has 262 valence electrons. The van der Waals surface area contributed by atoms with Crippen LogP contribution < -0.4 is 16.0 Å². The molecule has 5 heterocycles. The van der Waals surface area contributed by atoms with Crippen LogP contribution >= 0.6 is 0 Å². The molecular formula is C39H53N7O3. The number of amides is 4. The number of hydrogen-bond donors (Lipinski definition) is 4. The van der Waals surface area contributed by atoms with E-state index >= 15 is 0 Å². The number of fused-ring (bicyclic) bond motifs is 2. The fraction of sp³-hybridized carbons (Fsp3) is 0.564. The van der Waals surface area contributed by atoms with Gasteiger partial charge in [0.05, 0.1) is 0 Å². The topological polar surface area (TPSA) is 113 Å². The molecule has 2 atom stereocenters. The lowest BCUT2D eigenvalue weighted by molar-refractivity contribution is -0.135. The van der Waals surface area contributed by atoms with Crippen LogP contribution in [-0.2, 0) is 22.4 Å². The minimum absolute atomic E-state index is 0.0174. The second-order valence-electron chi connectivity index (χ2n) is 14.8. The zero-order valence-electron chi connectivity index (χ0n) is 29.0. The largest absolute Gasteiger partial charge is 0.361 e. The second kappa shape index (κ2) is 15.3. The Hall–Kier alpha value is -3.89. The molecule has 1 unspecified atom stereocenters. The molecule has 4 N–H and O–H groups in total. The van der Waals surface area contributed by atoms with Crippen LogP contribution in [0.15, 0.2) is 48.7 Å². The summed E-state index contributed by atoms with van der Waals surface area (Å²) in [7, 11) is 0. The van der Waals surface area contributed by atoms with Crippen LogP contribution in [0, 0.1) is 18.8 Å². The summed E-state index contributed by atoms with van der Waals surface area (Å²) >= 11 is 0. The molecule has 3 fully saturated rings. The van der Waals surface area contributed by atoms with E-state index < -0.39 is 6.04 Å². The summed E-state index contributed by atoms with van der Waals surface area (Å²) in [5, 5.41) is 10.9. The number of H-pyrrole nitrogens is 1. The van der Waals surface area contributed by atoms with Gasteiger partial charge in [-0.1, -0.05) is 24.3 Å². The van der Waals surface area contributed by atoms with E-state index in [0.717, 1.165) is 105 Å². The van der Waals surface area contributed by atoms with Crippen LogP contribution in [-0.4, -0.2) is 102 Å². The summed E-state index contributed by atoms with van der Waals surface area (Å²) < 4.78 is 0. The van der Waals surface area contributed by atoms with Gasteiger partial charge in [-0.15, -0.1) is 0 Å². The van der Waals surface area contributed by atoms with Crippen molar-refractivity contribution in [2.45, 2.75) is 76.8 Å². The summed E-state index contributed by atoms with van der Waals surface area (Å²) in [5.41, 5.74) is 5.47. The Morgan fingerprint density at radius 2 is 1.67 bits per heavy atom. The number of para-hydroxylation sites is 1. The van der Waals surface area contributed by atoms with Crippen LogP contribution in [0.25, 0.3) is 10.9 Å². The highest BCUT2D eigenvalue weighted by atomic mass is 16.2. The van der Waals surface area contributed by atoms with E-state index in [1.54, 1.807) is 0 Å².